The number of likely N-dealkylation sites (tertiary alicyclic amines) is 1. The van der Waals surface area contributed by atoms with Crippen molar-refractivity contribution in [3.8, 4) is 0 Å². The molecule has 1 aromatic heterocycles. The number of unbranched alkanes of at least 4 members (excludes halogenated alkanes) is 3. The molecule has 1 saturated heterocycles. The minimum Gasteiger partial charge on any atom is -0.444 e. The summed E-state index contributed by atoms with van der Waals surface area (Å²) in [5, 5.41) is 4.09. The Balaban J connectivity index is 1.28. The molecule has 0 radical (unpaired) electrons. The second-order valence-electron chi connectivity index (χ2n) is 9.54. The topological polar surface area (TPSA) is 74.4 Å². The molecule has 3 rings (SSSR count). The second kappa shape index (κ2) is 10.7. The van der Waals surface area contributed by atoms with E-state index in [-0.39, 0.29) is 12.0 Å². The summed E-state index contributed by atoms with van der Waals surface area (Å²) in [4.78, 5) is 29.6. The first-order chi connectivity index (χ1) is 14.8. The number of carbonyl (C=O) groups is 2. The van der Waals surface area contributed by atoms with Crippen molar-refractivity contribution >= 4 is 22.9 Å². The van der Waals surface area contributed by atoms with Gasteiger partial charge in [0.2, 0.25) is 5.91 Å². The predicted octanol–water partition coefficient (Wildman–Crippen LogP) is 5.35. The lowest BCUT2D eigenvalue weighted by Crippen LogP contribution is -2.37. The van der Waals surface area contributed by atoms with Gasteiger partial charge in [-0.2, -0.15) is 0 Å². The molecule has 170 valence electrons. The van der Waals surface area contributed by atoms with Gasteiger partial charge in [0.25, 0.3) is 0 Å². The van der Waals surface area contributed by atoms with Crippen molar-refractivity contribution in [3.63, 3.8) is 0 Å². The van der Waals surface area contributed by atoms with Gasteiger partial charge in [-0.05, 0) is 64.0 Å². The molecule has 2 heterocycles. The maximum atomic E-state index is 12.6. The SMILES string of the molecule is CC(C)(C)OC(=O)NCCCCCCC(=O)N1CCC(c2c[nH]c3ccccc23)CC1. The van der Waals surface area contributed by atoms with Gasteiger partial charge >= 0.3 is 6.09 Å². The van der Waals surface area contributed by atoms with Crippen LogP contribution in [0.15, 0.2) is 30.5 Å². The van der Waals surface area contributed by atoms with Crippen LogP contribution in [-0.4, -0.2) is 47.1 Å². The number of H-pyrrole nitrogens is 1. The zero-order chi connectivity index (χ0) is 22.3. The number of fused-ring (bicyclic) bond motifs is 1. The Morgan fingerprint density at radius 1 is 1.10 bits per heavy atom. The summed E-state index contributed by atoms with van der Waals surface area (Å²) in [6.45, 7) is 7.88. The van der Waals surface area contributed by atoms with Crippen LogP contribution in [0.4, 0.5) is 4.79 Å². The lowest BCUT2D eigenvalue weighted by molar-refractivity contribution is -0.132. The molecular weight excluding hydrogens is 390 g/mol. The third kappa shape index (κ3) is 7.01. The highest BCUT2D eigenvalue weighted by atomic mass is 16.6. The first-order valence-corrected chi connectivity index (χ1v) is 11.6. The standard InChI is InChI=1S/C25H37N3O3/c1-25(2,3)31-24(30)26-15-9-5-4-6-12-23(29)28-16-13-19(14-17-28)21-18-27-22-11-8-7-10-20(21)22/h7-8,10-11,18-19,27H,4-6,9,12-17H2,1-3H3,(H,26,30). The van der Waals surface area contributed by atoms with E-state index in [4.69, 9.17) is 4.74 Å². The lowest BCUT2D eigenvalue weighted by atomic mass is 9.89. The number of para-hydroxylation sites is 1. The fourth-order valence-electron chi connectivity index (χ4n) is 4.29. The Morgan fingerprint density at radius 2 is 1.81 bits per heavy atom. The van der Waals surface area contributed by atoms with Crippen molar-refractivity contribution in [1.29, 1.82) is 0 Å². The van der Waals surface area contributed by atoms with Crippen LogP contribution >= 0.6 is 0 Å². The number of nitrogens with one attached hydrogen (secondary N) is 2. The average molecular weight is 428 g/mol. The van der Waals surface area contributed by atoms with E-state index in [2.05, 4.69) is 40.8 Å². The number of carbonyl (C=O) groups excluding carboxylic acids is 2. The minimum absolute atomic E-state index is 0.282. The molecule has 6 nitrogen and oxygen atoms in total. The lowest BCUT2D eigenvalue weighted by Gasteiger charge is -2.32. The number of aromatic nitrogens is 1. The largest absolute Gasteiger partial charge is 0.444 e. The van der Waals surface area contributed by atoms with Gasteiger partial charge in [0.15, 0.2) is 0 Å². The normalized spacial score (nSPS) is 15.3. The molecule has 0 bridgehead atoms. The maximum Gasteiger partial charge on any atom is 0.407 e. The first-order valence-electron chi connectivity index (χ1n) is 11.6. The van der Waals surface area contributed by atoms with Crippen LogP contribution in [0.3, 0.4) is 0 Å². The molecule has 1 fully saturated rings. The van der Waals surface area contributed by atoms with Crippen molar-refractivity contribution in [2.75, 3.05) is 19.6 Å². The third-order valence-electron chi connectivity index (χ3n) is 5.89. The van der Waals surface area contributed by atoms with Crippen LogP contribution in [0.2, 0.25) is 0 Å². The number of amides is 2. The van der Waals surface area contributed by atoms with Crippen molar-refractivity contribution in [2.24, 2.45) is 0 Å². The Kier molecular flexibility index (Phi) is 7.99. The molecule has 0 spiro atoms. The van der Waals surface area contributed by atoms with E-state index in [1.54, 1.807) is 0 Å². The van der Waals surface area contributed by atoms with Gasteiger partial charge in [-0.15, -0.1) is 0 Å². The van der Waals surface area contributed by atoms with E-state index in [9.17, 15) is 9.59 Å². The summed E-state index contributed by atoms with van der Waals surface area (Å²) in [5.41, 5.74) is 2.12. The summed E-state index contributed by atoms with van der Waals surface area (Å²) in [6, 6.07) is 8.44. The van der Waals surface area contributed by atoms with Crippen LogP contribution in [0, 0.1) is 0 Å². The van der Waals surface area contributed by atoms with Crippen molar-refractivity contribution in [2.45, 2.75) is 77.2 Å². The molecule has 0 aliphatic carbocycles. The van der Waals surface area contributed by atoms with Gasteiger partial charge in [-0.25, -0.2) is 4.79 Å². The average Bonchev–Trinajstić information content (AvgIpc) is 3.16. The predicted molar refractivity (Wildman–Crippen MR) is 124 cm³/mol. The van der Waals surface area contributed by atoms with Crippen LogP contribution in [0.25, 0.3) is 10.9 Å². The Morgan fingerprint density at radius 3 is 2.55 bits per heavy atom. The molecule has 2 aromatic rings. The molecule has 1 aromatic carbocycles. The van der Waals surface area contributed by atoms with Crippen LogP contribution < -0.4 is 5.32 Å². The summed E-state index contributed by atoms with van der Waals surface area (Å²) in [7, 11) is 0. The molecule has 6 heteroatoms. The number of ether oxygens (including phenoxy) is 1. The molecule has 1 aliphatic heterocycles. The zero-order valence-electron chi connectivity index (χ0n) is 19.2. The highest BCUT2D eigenvalue weighted by molar-refractivity contribution is 5.83. The summed E-state index contributed by atoms with van der Waals surface area (Å²) in [5.74, 6) is 0.807. The van der Waals surface area contributed by atoms with Crippen LogP contribution in [-0.2, 0) is 9.53 Å². The Hall–Kier alpha value is -2.50. The van der Waals surface area contributed by atoms with Gasteiger partial charge in [-0.3, -0.25) is 4.79 Å². The van der Waals surface area contributed by atoms with E-state index in [0.717, 1.165) is 51.6 Å². The number of aromatic amines is 1. The van der Waals surface area contributed by atoms with E-state index in [1.807, 2.05) is 25.7 Å². The summed E-state index contributed by atoms with van der Waals surface area (Å²) in [6.07, 6.45) is 8.30. The van der Waals surface area contributed by atoms with Crippen LogP contribution in [0.5, 0.6) is 0 Å². The Labute approximate surface area is 185 Å². The van der Waals surface area contributed by atoms with E-state index in [1.165, 1.54) is 16.5 Å². The number of alkyl carbamates (subject to hydrolysis) is 1. The second-order valence-corrected chi connectivity index (χ2v) is 9.54. The molecule has 1 aliphatic rings. The zero-order valence-corrected chi connectivity index (χ0v) is 19.2. The molecule has 31 heavy (non-hydrogen) atoms. The fraction of sp³-hybridized carbons (Fsp3) is 0.600. The van der Waals surface area contributed by atoms with Gasteiger partial charge in [0.05, 0.1) is 0 Å². The molecule has 2 N–H and O–H groups in total. The fourth-order valence-corrected chi connectivity index (χ4v) is 4.29. The number of hydrogen-bond donors (Lipinski definition) is 2. The summed E-state index contributed by atoms with van der Waals surface area (Å²) >= 11 is 0. The van der Waals surface area contributed by atoms with Gasteiger partial charge in [-0.1, -0.05) is 31.0 Å². The van der Waals surface area contributed by atoms with Gasteiger partial charge in [0, 0.05) is 43.2 Å². The molecule has 2 amide bonds. The van der Waals surface area contributed by atoms with E-state index < -0.39 is 5.60 Å². The smallest absolute Gasteiger partial charge is 0.407 e. The van der Waals surface area contributed by atoms with Crippen molar-refractivity contribution < 1.29 is 14.3 Å². The monoisotopic (exact) mass is 427 g/mol. The molecule has 0 saturated carbocycles. The number of piperidine rings is 1. The number of rotatable bonds is 8. The minimum atomic E-state index is -0.464. The Bertz CT molecular complexity index is 860. The quantitative estimate of drug-likeness (QED) is 0.558. The van der Waals surface area contributed by atoms with E-state index >= 15 is 0 Å². The van der Waals surface area contributed by atoms with Crippen LogP contribution in [0.1, 0.15) is 77.2 Å². The van der Waals surface area contributed by atoms with Gasteiger partial charge in [0.1, 0.15) is 5.60 Å². The van der Waals surface area contributed by atoms with E-state index in [0.29, 0.717) is 18.9 Å². The number of benzene rings is 1. The summed E-state index contributed by atoms with van der Waals surface area (Å²) < 4.78 is 5.21. The highest BCUT2D eigenvalue weighted by Gasteiger charge is 2.25. The van der Waals surface area contributed by atoms with Crippen molar-refractivity contribution in [3.05, 3.63) is 36.0 Å². The van der Waals surface area contributed by atoms with Gasteiger partial charge < -0.3 is 19.9 Å². The number of nitrogens with zero attached hydrogens (tertiary/aromatic N) is 1. The van der Waals surface area contributed by atoms with Crippen molar-refractivity contribution in [1.82, 2.24) is 15.2 Å². The molecular formula is C25H37N3O3. The number of hydrogen-bond acceptors (Lipinski definition) is 3. The third-order valence-corrected chi connectivity index (χ3v) is 5.89. The molecule has 0 atom stereocenters. The first kappa shape index (κ1) is 23.2. The molecule has 0 unspecified atom stereocenters. The maximum absolute atomic E-state index is 12.6. The highest BCUT2D eigenvalue weighted by Crippen LogP contribution is 2.33.